The molecule has 49 heavy (non-hydrogen) atoms. The van der Waals surface area contributed by atoms with Gasteiger partial charge in [-0.15, -0.1) is 59.5 Å². The zero-order chi connectivity index (χ0) is 37.9. The molecule has 7 aromatic rings. The Morgan fingerprint density at radius 2 is 1.22 bits per heavy atom. The number of nitrogens with zero attached hydrogens (tertiary/aromatic N) is 10. The smallest absolute Gasteiger partial charge is 0.656 e. The Morgan fingerprint density at radius 3 is 1.82 bits per heavy atom. The number of hydrogen-bond acceptors (Lipinski definition) is 9. The van der Waals surface area contributed by atoms with Crippen LogP contribution in [-0.4, -0.2) is 38.9 Å². The summed E-state index contributed by atoms with van der Waals surface area (Å²) in [6.07, 6.45) is 9.48. The quantitative estimate of drug-likeness (QED) is 0.168. The van der Waals surface area contributed by atoms with Gasteiger partial charge in [-0.3, -0.25) is 4.98 Å². The maximum Gasteiger partial charge on any atom is 4.00 e. The summed E-state index contributed by atoms with van der Waals surface area (Å²) >= 11 is 0. The SMILES string of the molecule is [2H]C([2H])([2H])N1[CH-]N(c2[c-]c(N3[CH-]N(C([2H])([2H])[2H])c4nccnc43)cc(-c3c(C)cc(C)cc3C)c2)c2nccnc21.[Pt+4].c1ccc2c(c1)[n-]c1cnccc12. The molecule has 0 amide bonds. The second-order valence-corrected chi connectivity index (χ2v) is 11.6. The Morgan fingerprint density at radius 1 is 0.673 bits per heavy atom. The van der Waals surface area contributed by atoms with Crippen molar-refractivity contribution in [1.82, 2.24) is 29.9 Å². The third-order valence-corrected chi connectivity index (χ3v) is 8.26. The van der Waals surface area contributed by atoms with Crippen LogP contribution in [0.5, 0.6) is 0 Å². The van der Waals surface area contributed by atoms with Gasteiger partial charge in [-0.05, 0) is 68.3 Å². The summed E-state index contributed by atoms with van der Waals surface area (Å²) in [4.78, 5) is 31.4. The fraction of sp³-hybridized carbons (Fsp3) is 0.132. The molecule has 0 aliphatic carbocycles. The van der Waals surface area contributed by atoms with Gasteiger partial charge in [-0.25, -0.2) is 19.9 Å². The summed E-state index contributed by atoms with van der Waals surface area (Å²) in [7, 11) is 0. The minimum atomic E-state index is -2.50. The van der Waals surface area contributed by atoms with Crippen molar-refractivity contribution in [3.8, 4) is 11.1 Å². The van der Waals surface area contributed by atoms with E-state index in [1.54, 1.807) is 22.2 Å². The van der Waals surface area contributed by atoms with Crippen LogP contribution in [0.15, 0.2) is 91.8 Å². The maximum atomic E-state index is 8.04. The molecule has 244 valence electrons. The minimum absolute atomic E-state index is 0. The van der Waals surface area contributed by atoms with E-state index in [0.717, 1.165) is 48.7 Å². The molecular formula is C38H32N10Pt. The molecule has 0 spiro atoms. The first-order valence-electron chi connectivity index (χ1n) is 18.2. The molecule has 4 aromatic heterocycles. The molecule has 11 heteroatoms. The van der Waals surface area contributed by atoms with Crippen molar-refractivity contribution in [1.29, 1.82) is 0 Å². The summed E-state index contributed by atoms with van der Waals surface area (Å²) in [5.74, 6) is 1.03. The van der Waals surface area contributed by atoms with Gasteiger partial charge in [0.2, 0.25) is 0 Å². The number of pyridine rings is 1. The Kier molecular flexibility index (Phi) is 6.77. The van der Waals surface area contributed by atoms with Crippen molar-refractivity contribution in [2.24, 2.45) is 0 Å². The van der Waals surface area contributed by atoms with Crippen molar-refractivity contribution in [3.05, 3.63) is 128 Å². The van der Waals surface area contributed by atoms with Crippen molar-refractivity contribution in [2.45, 2.75) is 20.8 Å². The number of aromatic nitrogens is 6. The number of anilines is 6. The first kappa shape index (κ1) is 25.6. The van der Waals surface area contributed by atoms with Crippen LogP contribution >= 0.6 is 0 Å². The molecule has 0 atom stereocenters. The Hall–Kier alpha value is -5.34. The topological polar surface area (TPSA) is 91.5 Å². The van der Waals surface area contributed by atoms with E-state index < -0.39 is 14.0 Å². The van der Waals surface area contributed by atoms with Crippen LogP contribution in [0.4, 0.5) is 34.6 Å². The fourth-order valence-corrected chi connectivity index (χ4v) is 6.34. The average molecular weight is 830 g/mol. The van der Waals surface area contributed by atoms with Gasteiger partial charge in [0, 0.05) is 45.4 Å². The van der Waals surface area contributed by atoms with Crippen LogP contribution in [0, 0.1) is 40.2 Å². The number of aryl methyl sites for hydroxylation is 3. The van der Waals surface area contributed by atoms with Gasteiger partial charge in [-0.2, -0.15) is 0 Å². The Bertz CT molecular complexity index is 2380. The molecule has 0 unspecified atom stereocenters. The molecule has 6 heterocycles. The zero-order valence-electron chi connectivity index (χ0n) is 32.6. The molecule has 2 aliphatic rings. The summed E-state index contributed by atoms with van der Waals surface area (Å²) < 4.78 is 48.3. The molecule has 0 radical (unpaired) electrons. The fourth-order valence-electron chi connectivity index (χ4n) is 6.34. The van der Waals surface area contributed by atoms with Crippen LogP contribution in [-0.2, 0) is 21.1 Å². The van der Waals surface area contributed by atoms with Gasteiger partial charge in [0.1, 0.15) is 23.3 Å². The van der Waals surface area contributed by atoms with Gasteiger partial charge >= 0.3 is 21.1 Å². The van der Waals surface area contributed by atoms with Crippen molar-refractivity contribution >= 4 is 56.5 Å². The predicted octanol–water partition coefficient (Wildman–Crippen LogP) is 7.42. The number of hydrogen-bond donors (Lipinski definition) is 0. The van der Waals surface area contributed by atoms with Gasteiger partial charge in [0.25, 0.3) is 0 Å². The first-order chi connectivity index (χ1) is 25.8. The normalized spacial score (nSPS) is 15.7. The predicted molar refractivity (Wildman–Crippen MR) is 191 cm³/mol. The first-order valence-corrected chi connectivity index (χ1v) is 15.2. The van der Waals surface area contributed by atoms with Crippen molar-refractivity contribution in [3.63, 3.8) is 0 Å². The van der Waals surface area contributed by atoms with Crippen molar-refractivity contribution in [2.75, 3.05) is 33.6 Å². The van der Waals surface area contributed by atoms with Crippen LogP contribution in [0.1, 0.15) is 24.9 Å². The molecule has 3 aromatic carbocycles. The molecule has 0 saturated heterocycles. The van der Waals surface area contributed by atoms with E-state index in [1.807, 2.05) is 57.2 Å². The number of para-hydroxylation sites is 1. The van der Waals surface area contributed by atoms with Crippen molar-refractivity contribution < 1.29 is 29.3 Å². The third-order valence-electron chi connectivity index (χ3n) is 8.26. The molecule has 2 aliphatic heterocycles. The zero-order valence-corrected chi connectivity index (χ0v) is 28.9. The second-order valence-electron chi connectivity index (χ2n) is 11.6. The van der Waals surface area contributed by atoms with Crippen LogP contribution in [0.3, 0.4) is 0 Å². The van der Waals surface area contributed by atoms with E-state index in [4.69, 9.17) is 8.22 Å². The third kappa shape index (κ3) is 5.76. The summed E-state index contributed by atoms with van der Waals surface area (Å²) in [6.45, 7) is 3.97. The van der Waals surface area contributed by atoms with Gasteiger partial charge in [-0.1, -0.05) is 42.0 Å². The standard InChI is InChI=1S/C27H25N8.C11H7N2.Pt/c1-17-10-18(2)23(19(3)11-17)20-12-21(34-15-32(4)24-26(34)30-8-6-28-24)14-22(13-20)35-16-33(5)25-27(35)31-9-7-29-25;1-2-4-10-8(3-1)9-5-6-12-7-11(9)13-10;/h6-13,15-16H,1-5H3;1-7H;/q-3;-1;+4/i4D3,5D3;;. The largest absolute Gasteiger partial charge is 4.00 e. The molecule has 0 bridgehead atoms. The van der Waals surface area contributed by atoms with E-state index in [2.05, 4.69) is 54.2 Å². The van der Waals surface area contributed by atoms with Crippen LogP contribution in [0.2, 0.25) is 0 Å². The van der Waals surface area contributed by atoms with E-state index in [0.29, 0.717) is 23.0 Å². The summed E-state index contributed by atoms with van der Waals surface area (Å²) in [5.41, 5.74) is 8.03. The van der Waals surface area contributed by atoms with Gasteiger partial charge < -0.3 is 24.6 Å². The summed E-state index contributed by atoms with van der Waals surface area (Å²) in [6, 6.07) is 21.5. The second kappa shape index (κ2) is 12.9. The maximum absolute atomic E-state index is 8.04. The minimum Gasteiger partial charge on any atom is -0.656 e. The number of benzene rings is 3. The van der Waals surface area contributed by atoms with Crippen LogP contribution < -0.4 is 24.6 Å². The molecule has 0 fully saturated rings. The van der Waals surface area contributed by atoms with Crippen LogP contribution in [0.25, 0.3) is 32.9 Å². The van der Waals surface area contributed by atoms with E-state index >= 15 is 0 Å². The number of fused-ring (bicyclic) bond motifs is 5. The average Bonchev–Trinajstić information content (AvgIpc) is 3.83. The van der Waals surface area contributed by atoms with E-state index in [-0.39, 0.29) is 32.7 Å². The molecule has 0 N–H and O–H groups in total. The molecule has 0 saturated carbocycles. The van der Waals surface area contributed by atoms with Gasteiger partial charge in [0.15, 0.2) is 0 Å². The molecular weight excluding hydrogens is 792 g/mol. The van der Waals surface area contributed by atoms with E-state index in [9.17, 15) is 0 Å². The summed E-state index contributed by atoms with van der Waals surface area (Å²) in [5, 5.41) is 2.39. The monoisotopic (exact) mass is 829 g/mol. The number of rotatable bonds is 3. The molecule has 9 rings (SSSR count). The molecule has 10 nitrogen and oxygen atoms in total. The Balaban J connectivity index is 0.000000278. The Labute approximate surface area is 308 Å². The van der Waals surface area contributed by atoms with Gasteiger partial charge in [0.05, 0.1) is 0 Å². The van der Waals surface area contributed by atoms with E-state index in [1.165, 1.54) is 48.9 Å².